The molecule has 7 rings (SSSR count). The fourth-order valence-corrected chi connectivity index (χ4v) is 6.40. The van der Waals surface area contributed by atoms with E-state index in [1.165, 1.54) is 6.07 Å². The molecule has 3 aliphatic rings. The predicted octanol–water partition coefficient (Wildman–Crippen LogP) is 6.75. The van der Waals surface area contributed by atoms with Gasteiger partial charge in [0, 0.05) is 25.9 Å². The first-order valence-electron chi connectivity index (χ1n) is 14.8. The summed E-state index contributed by atoms with van der Waals surface area (Å²) in [5.41, 5.74) is 2.54. The molecule has 0 saturated carbocycles. The summed E-state index contributed by atoms with van der Waals surface area (Å²) < 4.78 is 13.2. The number of rotatable bonds is 0. The number of nitrogens with zero attached hydrogens (tertiary/aromatic N) is 2. The lowest BCUT2D eigenvalue weighted by Gasteiger charge is -2.14. The highest BCUT2D eigenvalue weighted by Gasteiger charge is 2.19. The largest absolute Gasteiger partial charge is 0.503 e. The average molecular weight is 861 g/mol. The fraction of sp³-hybridized carbons (Fsp3) is 0.176. The topological polar surface area (TPSA) is 182 Å². The molecule has 0 aliphatic carbocycles. The Morgan fingerprint density at radius 3 is 1.65 bits per heavy atom. The molecule has 0 unspecified atom stereocenters. The summed E-state index contributed by atoms with van der Waals surface area (Å²) >= 11 is 10.2. The van der Waals surface area contributed by atoms with Crippen LogP contribution in [0.15, 0.2) is 90.5 Å². The second kappa shape index (κ2) is 16.2. The first-order valence-corrected chi connectivity index (χ1v) is 17.2. The molecule has 0 spiro atoms. The van der Waals surface area contributed by atoms with Crippen molar-refractivity contribution in [3.63, 3.8) is 0 Å². The van der Waals surface area contributed by atoms with Gasteiger partial charge in [-0.2, -0.15) is 0 Å². The number of carbonyl (C=O) groups is 2. The molecule has 12 nitrogen and oxygen atoms in total. The van der Waals surface area contributed by atoms with Gasteiger partial charge in [-0.05, 0) is 131 Å². The molecule has 49 heavy (non-hydrogen) atoms. The van der Waals surface area contributed by atoms with E-state index in [4.69, 9.17) is 9.47 Å². The Balaban J connectivity index is 1.43. The van der Waals surface area contributed by atoms with E-state index < -0.39 is 11.8 Å². The Morgan fingerprint density at radius 2 is 1.06 bits per heavy atom. The van der Waals surface area contributed by atoms with Crippen molar-refractivity contribution in [3.8, 4) is 34.5 Å². The molecule has 3 heterocycles. The molecular weight excluding hydrogens is 832 g/mol. The lowest BCUT2D eigenvalue weighted by molar-refractivity contribution is -0.115. The van der Waals surface area contributed by atoms with E-state index in [2.05, 4.69) is 68.7 Å². The van der Waals surface area contributed by atoms with Crippen LogP contribution in [0.3, 0.4) is 0 Å². The van der Waals surface area contributed by atoms with E-state index in [9.17, 15) is 30.2 Å². The molecule has 15 heteroatoms. The number of oxime groups is 2. The van der Waals surface area contributed by atoms with Crippen molar-refractivity contribution in [1.82, 2.24) is 10.6 Å². The summed E-state index contributed by atoms with van der Waals surface area (Å²) in [6.07, 6.45) is 0.788. The third-order valence-electron chi connectivity index (χ3n) is 7.45. The second-order valence-electron chi connectivity index (χ2n) is 10.9. The van der Waals surface area contributed by atoms with E-state index >= 15 is 0 Å². The summed E-state index contributed by atoms with van der Waals surface area (Å²) in [6, 6.07) is 18.5. The number of carbonyl (C=O) groups excluding carboxylic acids is 2. The molecule has 6 N–H and O–H groups in total. The Bertz CT molecular complexity index is 1950. The molecule has 3 aliphatic heterocycles. The molecule has 2 amide bonds. The van der Waals surface area contributed by atoms with Gasteiger partial charge in [0.1, 0.15) is 22.9 Å². The van der Waals surface area contributed by atoms with E-state index in [0.717, 1.165) is 11.1 Å². The predicted molar refractivity (Wildman–Crippen MR) is 192 cm³/mol. The number of benzene rings is 4. The summed E-state index contributed by atoms with van der Waals surface area (Å²) in [7, 11) is 0. The van der Waals surface area contributed by atoms with Gasteiger partial charge in [0.15, 0.2) is 23.0 Å². The van der Waals surface area contributed by atoms with Gasteiger partial charge in [-0.3, -0.25) is 9.59 Å². The monoisotopic (exact) mass is 858 g/mol. The van der Waals surface area contributed by atoms with Crippen molar-refractivity contribution in [2.45, 2.75) is 25.7 Å². The maximum Gasteiger partial charge on any atom is 0.269 e. The number of nitrogens with one attached hydrogen (secondary N) is 2. The van der Waals surface area contributed by atoms with Crippen LogP contribution in [0.5, 0.6) is 34.5 Å². The molecule has 0 fully saturated rings. The van der Waals surface area contributed by atoms with Crippen molar-refractivity contribution >= 4 is 71.0 Å². The summed E-state index contributed by atoms with van der Waals surface area (Å²) in [6.45, 7) is 0.450. The molecule has 4 aromatic rings. The van der Waals surface area contributed by atoms with Crippen molar-refractivity contribution in [2.75, 3.05) is 13.1 Å². The second-order valence-corrected chi connectivity index (χ2v) is 13.5. The SMILES string of the molecule is O=C1NCCc2ccc(c(Br)c2)Oc2cc(cc(Br)c2O)CCNC(=O)/C(=N/O)Cc2cc(Br)c(O)c(c2)Oc2ccc(cc2)C/C1=N\O. The minimum absolute atomic E-state index is 0.0436. The highest BCUT2D eigenvalue weighted by Crippen LogP contribution is 2.41. The Hall–Kier alpha value is -4.60. The van der Waals surface area contributed by atoms with Gasteiger partial charge < -0.3 is 40.7 Å². The lowest BCUT2D eigenvalue weighted by atomic mass is 10.1. The number of fused-ring (bicyclic) bond motifs is 2. The Morgan fingerprint density at radius 1 is 0.571 bits per heavy atom. The number of ether oxygens (including phenoxy) is 2. The van der Waals surface area contributed by atoms with Crippen LogP contribution in [-0.2, 0) is 35.3 Å². The normalized spacial score (nSPS) is 16.3. The molecule has 8 bridgehead atoms. The van der Waals surface area contributed by atoms with E-state index in [1.54, 1.807) is 48.5 Å². The van der Waals surface area contributed by atoms with Crippen LogP contribution in [0.25, 0.3) is 0 Å². The van der Waals surface area contributed by atoms with Crippen LogP contribution in [-0.4, -0.2) is 57.0 Å². The summed E-state index contributed by atoms with van der Waals surface area (Å²) in [5.74, 6) is -0.353. The maximum absolute atomic E-state index is 13.0. The number of hydrogen-bond acceptors (Lipinski definition) is 10. The average Bonchev–Trinajstić information content (AvgIpc) is 3.08. The third-order valence-corrected chi connectivity index (χ3v) is 9.28. The minimum atomic E-state index is -0.601. The van der Waals surface area contributed by atoms with Crippen LogP contribution in [0, 0.1) is 0 Å². The zero-order valence-corrected chi connectivity index (χ0v) is 30.3. The van der Waals surface area contributed by atoms with E-state index in [-0.39, 0.29) is 60.4 Å². The molecule has 0 saturated heterocycles. The molecule has 4 aromatic carbocycles. The first kappa shape index (κ1) is 35.7. The van der Waals surface area contributed by atoms with Crippen molar-refractivity contribution in [3.05, 3.63) is 102 Å². The van der Waals surface area contributed by atoms with E-state index in [1.807, 2.05) is 12.1 Å². The molecule has 254 valence electrons. The van der Waals surface area contributed by atoms with Crippen LogP contribution >= 0.6 is 47.8 Å². The minimum Gasteiger partial charge on any atom is -0.503 e. The van der Waals surface area contributed by atoms with Crippen LogP contribution in [0.2, 0.25) is 0 Å². The number of phenolic OH excluding ortho intramolecular Hbond substituents is 2. The maximum atomic E-state index is 13.0. The number of amides is 2. The van der Waals surface area contributed by atoms with Crippen LogP contribution < -0.4 is 20.1 Å². The molecule has 0 aromatic heterocycles. The van der Waals surface area contributed by atoms with Gasteiger partial charge in [0.05, 0.1) is 13.4 Å². The number of halogens is 3. The van der Waals surface area contributed by atoms with Crippen molar-refractivity contribution in [1.29, 1.82) is 0 Å². The van der Waals surface area contributed by atoms with Crippen molar-refractivity contribution < 1.29 is 39.7 Å². The standard InChI is InChI=1S/C34H29Br3N4O8/c35-23-11-19-3-6-28(23)49-30-16-20(12-24(36)32(30)43)8-10-39-34(45)27(41-47)15-21-13-25(37)31(42)29(17-21)48-22-4-1-18(2-5-22)14-26(40-46)33(44)38-9-7-19/h1-6,11-13,16-17,42-43,46-47H,7-10,14-15H2,(H,38,44)(H,39,45)/b40-26+,41-27+. The van der Waals surface area contributed by atoms with Crippen LogP contribution in [0.1, 0.15) is 22.3 Å². The molecular formula is C34H29Br3N4O8. The van der Waals surface area contributed by atoms with Gasteiger partial charge in [0.25, 0.3) is 11.8 Å². The van der Waals surface area contributed by atoms with Gasteiger partial charge in [-0.25, -0.2) is 0 Å². The highest BCUT2D eigenvalue weighted by molar-refractivity contribution is 9.11. The highest BCUT2D eigenvalue weighted by atomic mass is 79.9. The third kappa shape index (κ3) is 9.10. The van der Waals surface area contributed by atoms with Crippen molar-refractivity contribution in [2.24, 2.45) is 10.3 Å². The number of aromatic hydroxyl groups is 2. The van der Waals surface area contributed by atoms with Gasteiger partial charge in [-0.1, -0.05) is 28.5 Å². The Kier molecular flexibility index (Phi) is 11.8. The number of hydrogen-bond donors (Lipinski definition) is 6. The van der Waals surface area contributed by atoms with Gasteiger partial charge in [0.2, 0.25) is 0 Å². The van der Waals surface area contributed by atoms with Gasteiger partial charge in [-0.15, -0.1) is 0 Å². The van der Waals surface area contributed by atoms with Gasteiger partial charge >= 0.3 is 0 Å². The molecule has 0 radical (unpaired) electrons. The van der Waals surface area contributed by atoms with E-state index in [0.29, 0.717) is 48.9 Å². The van der Waals surface area contributed by atoms with Crippen LogP contribution in [0.4, 0.5) is 0 Å². The summed E-state index contributed by atoms with van der Waals surface area (Å²) in [4.78, 5) is 25.8. The quantitative estimate of drug-likeness (QED) is 0.0830. The fourth-order valence-electron chi connectivity index (χ4n) is 4.91. The zero-order chi connectivity index (χ0) is 35.1. The zero-order valence-electron chi connectivity index (χ0n) is 25.5. The first-order chi connectivity index (χ1) is 23.5. The lowest BCUT2D eigenvalue weighted by Crippen LogP contribution is -2.33. The smallest absolute Gasteiger partial charge is 0.269 e. The number of phenols is 2. The molecule has 0 atom stereocenters. The summed E-state index contributed by atoms with van der Waals surface area (Å²) in [5, 5.41) is 52.5. The Labute approximate surface area is 305 Å².